The van der Waals surface area contributed by atoms with E-state index in [4.69, 9.17) is 9.26 Å². The molecule has 6 heteroatoms. The second-order valence-electron chi connectivity index (χ2n) is 4.98. The zero-order valence-electron chi connectivity index (χ0n) is 11.8. The minimum atomic E-state index is -0.267. The number of benzene rings is 1. The van der Waals surface area contributed by atoms with Crippen LogP contribution >= 0.6 is 0 Å². The highest BCUT2D eigenvalue weighted by molar-refractivity contribution is 5.91. The molecule has 2 heterocycles. The molecule has 1 aliphatic rings. The number of aryl methyl sites for hydroxylation is 2. The first kappa shape index (κ1) is 13.5. The van der Waals surface area contributed by atoms with Crippen molar-refractivity contribution >= 4 is 17.4 Å². The normalized spacial score (nSPS) is 13.2. The third-order valence-electron chi connectivity index (χ3n) is 3.29. The van der Waals surface area contributed by atoms with Gasteiger partial charge in [0.15, 0.2) is 12.4 Å². The van der Waals surface area contributed by atoms with Crippen molar-refractivity contribution in [1.82, 2.24) is 5.16 Å². The average molecular weight is 287 g/mol. The summed E-state index contributed by atoms with van der Waals surface area (Å²) in [6.07, 6.45) is 2.15. The van der Waals surface area contributed by atoms with Crippen LogP contribution in [0.25, 0.3) is 0 Å². The van der Waals surface area contributed by atoms with Gasteiger partial charge in [0, 0.05) is 12.6 Å². The van der Waals surface area contributed by atoms with E-state index >= 15 is 0 Å². The van der Waals surface area contributed by atoms with E-state index in [1.165, 1.54) is 5.56 Å². The summed E-state index contributed by atoms with van der Waals surface area (Å²) in [4.78, 5) is 11.8. The number of fused-ring (bicyclic) bond motifs is 1. The van der Waals surface area contributed by atoms with Gasteiger partial charge in [-0.25, -0.2) is 0 Å². The highest BCUT2D eigenvalue weighted by Gasteiger charge is 2.14. The summed E-state index contributed by atoms with van der Waals surface area (Å²) in [7, 11) is 0. The second-order valence-corrected chi connectivity index (χ2v) is 4.98. The van der Waals surface area contributed by atoms with Gasteiger partial charge in [0.05, 0.1) is 5.69 Å². The molecule has 0 fully saturated rings. The van der Waals surface area contributed by atoms with Crippen LogP contribution in [0.1, 0.15) is 17.7 Å². The van der Waals surface area contributed by atoms with Gasteiger partial charge >= 0.3 is 0 Å². The van der Waals surface area contributed by atoms with E-state index in [9.17, 15) is 4.79 Å². The SMILES string of the molecule is Cc1cc(NC(=O)COc2cccc3c2NCCC3)no1. The maximum atomic E-state index is 11.8. The average Bonchev–Trinajstić information content (AvgIpc) is 2.90. The molecule has 110 valence electrons. The molecule has 2 N–H and O–H groups in total. The molecule has 0 radical (unpaired) electrons. The van der Waals surface area contributed by atoms with Crippen LogP contribution in [0.4, 0.5) is 11.5 Å². The third kappa shape index (κ3) is 3.16. The predicted molar refractivity (Wildman–Crippen MR) is 78.6 cm³/mol. The number of nitrogens with zero attached hydrogens (tertiary/aromatic N) is 1. The molecule has 0 spiro atoms. The molecular weight excluding hydrogens is 270 g/mol. The molecule has 1 aromatic heterocycles. The Morgan fingerprint density at radius 1 is 1.52 bits per heavy atom. The number of ether oxygens (including phenoxy) is 1. The fraction of sp³-hybridized carbons (Fsp3) is 0.333. The summed E-state index contributed by atoms with van der Waals surface area (Å²) < 4.78 is 10.5. The van der Waals surface area contributed by atoms with Gasteiger partial charge in [0.1, 0.15) is 11.5 Å². The van der Waals surface area contributed by atoms with Crippen molar-refractivity contribution in [3.05, 3.63) is 35.6 Å². The molecule has 0 aliphatic carbocycles. The monoisotopic (exact) mass is 287 g/mol. The lowest BCUT2D eigenvalue weighted by Gasteiger charge is -2.20. The minimum absolute atomic E-state index is 0.0654. The van der Waals surface area contributed by atoms with Crippen LogP contribution in [0.2, 0.25) is 0 Å². The second kappa shape index (κ2) is 5.87. The third-order valence-corrected chi connectivity index (χ3v) is 3.29. The lowest BCUT2D eigenvalue weighted by molar-refractivity contribution is -0.118. The Labute approximate surface area is 122 Å². The maximum absolute atomic E-state index is 11.8. The summed E-state index contributed by atoms with van der Waals surface area (Å²) in [6.45, 7) is 2.63. The summed E-state index contributed by atoms with van der Waals surface area (Å²) in [5.41, 5.74) is 2.22. The highest BCUT2D eigenvalue weighted by atomic mass is 16.5. The number of hydrogen-bond donors (Lipinski definition) is 2. The molecular formula is C15H17N3O3. The van der Waals surface area contributed by atoms with Crippen molar-refractivity contribution < 1.29 is 14.1 Å². The number of aromatic nitrogens is 1. The van der Waals surface area contributed by atoms with Gasteiger partial charge < -0.3 is 19.9 Å². The van der Waals surface area contributed by atoms with Crippen LogP contribution in [0.5, 0.6) is 5.75 Å². The van der Waals surface area contributed by atoms with Crippen molar-refractivity contribution in [2.24, 2.45) is 0 Å². The predicted octanol–water partition coefficient (Wildman–Crippen LogP) is 2.36. The van der Waals surface area contributed by atoms with Crippen LogP contribution in [-0.2, 0) is 11.2 Å². The van der Waals surface area contributed by atoms with Gasteiger partial charge in [-0.3, -0.25) is 4.79 Å². The van der Waals surface area contributed by atoms with Crippen molar-refractivity contribution in [3.8, 4) is 5.75 Å². The van der Waals surface area contributed by atoms with Crippen molar-refractivity contribution in [1.29, 1.82) is 0 Å². The number of nitrogens with one attached hydrogen (secondary N) is 2. The first-order valence-electron chi connectivity index (χ1n) is 6.94. The molecule has 1 amide bonds. The Morgan fingerprint density at radius 3 is 3.24 bits per heavy atom. The molecule has 1 aromatic carbocycles. The molecule has 0 bridgehead atoms. The molecule has 3 rings (SSSR count). The van der Waals surface area contributed by atoms with Crippen molar-refractivity contribution in [3.63, 3.8) is 0 Å². The quantitative estimate of drug-likeness (QED) is 0.902. The Kier molecular flexibility index (Phi) is 3.77. The first-order chi connectivity index (χ1) is 10.2. The topological polar surface area (TPSA) is 76.4 Å². The highest BCUT2D eigenvalue weighted by Crippen LogP contribution is 2.31. The first-order valence-corrected chi connectivity index (χ1v) is 6.94. The molecule has 6 nitrogen and oxygen atoms in total. The zero-order valence-corrected chi connectivity index (χ0v) is 11.8. The van der Waals surface area contributed by atoms with E-state index in [0.717, 1.165) is 25.1 Å². The Hall–Kier alpha value is -2.50. The largest absolute Gasteiger partial charge is 0.482 e. The molecule has 2 aromatic rings. The summed E-state index contributed by atoms with van der Waals surface area (Å²) in [6, 6.07) is 7.54. The van der Waals surface area contributed by atoms with Crippen LogP contribution < -0.4 is 15.4 Å². The molecule has 0 atom stereocenters. The van der Waals surface area contributed by atoms with Gasteiger partial charge in [0.2, 0.25) is 0 Å². The molecule has 0 saturated carbocycles. The maximum Gasteiger partial charge on any atom is 0.263 e. The molecule has 21 heavy (non-hydrogen) atoms. The molecule has 0 saturated heterocycles. The van der Waals surface area contributed by atoms with Gasteiger partial charge in [-0.15, -0.1) is 0 Å². The Bertz CT molecular complexity index is 651. The summed E-state index contributed by atoms with van der Waals surface area (Å²) >= 11 is 0. The standard InChI is InChI=1S/C15H17N3O3/c1-10-8-13(18-21-10)17-14(19)9-20-12-6-2-4-11-5-3-7-16-15(11)12/h2,4,6,8,16H,3,5,7,9H2,1H3,(H,17,18,19). The number of hydrogen-bond acceptors (Lipinski definition) is 5. The van der Waals surface area contributed by atoms with E-state index < -0.39 is 0 Å². The van der Waals surface area contributed by atoms with Crippen molar-refractivity contribution in [2.75, 3.05) is 23.8 Å². The van der Waals surface area contributed by atoms with Crippen molar-refractivity contribution in [2.45, 2.75) is 19.8 Å². The van der Waals surface area contributed by atoms with E-state index in [1.807, 2.05) is 12.1 Å². The lowest BCUT2D eigenvalue weighted by atomic mass is 10.0. The van der Waals surface area contributed by atoms with E-state index in [2.05, 4.69) is 21.9 Å². The Balaban J connectivity index is 1.61. The molecule has 0 unspecified atom stereocenters. The fourth-order valence-corrected chi connectivity index (χ4v) is 2.35. The number of carbonyl (C=O) groups excluding carboxylic acids is 1. The number of para-hydroxylation sites is 1. The lowest BCUT2D eigenvalue weighted by Crippen LogP contribution is -2.21. The fourth-order valence-electron chi connectivity index (χ4n) is 2.35. The number of carbonyl (C=O) groups is 1. The van der Waals surface area contributed by atoms with Crippen LogP contribution in [0.3, 0.4) is 0 Å². The van der Waals surface area contributed by atoms with Gasteiger partial charge in [-0.1, -0.05) is 17.3 Å². The van der Waals surface area contributed by atoms with Crippen LogP contribution in [0.15, 0.2) is 28.8 Å². The smallest absolute Gasteiger partial charge is 0.263 e. The van der Waals surface area contributed by atoms with Gasteiger partial charge in [-0.2, -0.15) is 0 Å². The summed E-state index contributed by atoms with van der Waals surface area (Å²) in [5, 5.41) is 9.65. The zero-order chi connectivity index (χ0) is 14.7. The number of amides is 1. The van der Waals surface area contributed by atoms with E-state index in [1.54, 1.807) is 13.0 Å². The van der Waals surface area contributed by atoms with Crippen LogP contribution in [0, 0.1) is 6.92 Å². The van der Waals surface area contributed by atoms with E-state index in [-0.39, 0.29) is 12.5 Å². The number of rotatable bonds is 4. The molecule has 1 aliphatic heterocycles. The minimum Gasteiger partial charge on any atom is -0.482 e. The summed E-state index contributed by atoms with van der Waals surface area (Å²) in [5.74, 6) is 1.48. The van der Waals surface area contributed by atoms with E-state index in [0.29, 0.717) is 17.3 Å². The van der Waals surface area contributed by atoms with Crippen LogP contribution in [-0.4, -0.2) is 24.2 Å². The number of anilines is 2. The van der Waals surface area contributed by atoms with Gasteiger partial charge in [0.25, 0.3) is 5.91 Å². The van der Waals surface area contributed by atoms with Gasteiger partial charge in [-0.05, 0) is 31.4 Å². The Morgan fingerprint density at radius 2 is 2.43 bits per heavy atom.